The van der Waals surface area contributed by atoms with Crippen molar-refractivity contribution >= 4 is 57.7 Å². The van der Waals surface area contributed by atoms with Gasteiger partial charge in [-0.15, -0.1) is 0 Å². The first-order valence-corrected chi connectivity index (χ1v) is 14.4. The first-order valence-electron chi connectivity index (χ1n) is 13.2. The van der Waals surface area contributed by atoms with E-state index in [9.17, 15) is 14.7 Å². The predicted molar refractivity (Wildman–Crippen MR) is 161 cm³/mol. The number of aryl methyl sites for hydroxylation is 1. The van der Waals surface area contributed by atoms with Crippen molar-refractivity contribution in [2.24, 2.45) is 5.92 Å². The zero-order chi connectivity index (χ0) is 28.8. The van der Waals surface area contributed by atoms with E-state index < -0.39 is 6.09 Å². The molecule has 3 aromatic heterocycles. The number of rotatable bonds is 12. The van der Waals surface area contributed by atoms with E-state index in [1.165, 1.54) is 22.6 Å². The monoisotopic (exact) mass is 583 g/mol. The molecule has 1 aromatic carbocycles. The largest absolute Gasteiger partial charge is 0.465 e. The Labute approximate surface area is 242 Å². The maximum Gasteiger partial charge on any atom is 0.411 e. The van der Waals surface area contributed by atoms with E-state index in [0.717, 1.165) is 24.9 Å². The lowest BCUT2D eigenvalue weighted by Gasteiger charge is -2.20. The van der Waals surface area contributed by atoms with Crippen molar-refractivity contribution in [3.63, 3.8) is 0 Å². The van der Waals surface area contributed by atoms with Crippen molar-refractivity contribution in [1.29, 1.82) is 0 Å². The molecule has 0 unspecified atom stereocenters. The molecule has 212 valence electrons. The second-order valence-corrected chi connectivity index (χ2v) is 11.4. The first kappa shape index (κ1) is 29.4. The third-order valence-electron chi connectivity index (χ3n) is 6.42. The molecule has 0 aliphatic heterocycles. The van der Waals surface area contributed by atoms with Gasteiger partial charge in [-0.25, -0.2) is 18.8 Å². The number of nitrogens with one attached hydrogen (secondary N) is 1. The van der Waals surface area contributed by atoms with E-state index in [0.29, 0.717) is 64.2 Å². The van der Waals surface area contributed by atoms with Gasteiger partial charge in [-0.3, -0.25) is 9.69 Å². The topological polar surface area (TPSA) is 116 Å². The number of nitrogens with zero attached hydrogens (tertiary/aromatic N) is 6. The molecule has 0 aliphatic carbocycles. The van der Waals surface area contributed by atoms with Gasteiger partial charge in [0, 0.05) is 29.7 Å². The van der Waals surface area contributed by atoms with Gasteiger partial charge in [-0.1, -0.05) is 37.6 Å². The number of fused-ring (bicyclic) bond motifs is 1. The van der Waals surface area contributed by atoms with Crippen molar-refractivity contribution in [3.8, 4) is 11.3 Å². The Morgan fingerprint density at radius 3 is 2.52 bits per heavy atom. The molecule has 4 rings (SSSR count). The lowest BCUT2D eigenvalue weighted by molar-refractivity contribution is 0.102. The minimum atomic E-state index is -0.998. The lowest BCUT2D eigenvalue weighted by Crippen LogP contribution is -2.32. The second-order valence-electron chi connectivity index (χ2n) is 10.3. The Morgan fingerprint density at radius 1 is 1.15 bits per heavy atom. The molecule has 12 heteroatoms. The molecule has 0 aliphatic rings. The molecule has 0 atom stereocenters. The van der Waals surface area contributed by atoms with E-state index in [4.69, 9.17) is 16.6 Å². The first-order chi connectivity index (χ1) is 19.1. The van der Waals surface area contributed by atoms with Gasteiger partial charge in [0.2, 0.25) is 0 Å². The SMILES string of the molecule is CC(C)CCCn1nc(NC(=O)c2cnsc2)c2cc(Cl)c(-c3ccc(N(CCCN(C)C)C(=O)O)cc3)nc21. The Morgan fingerprint density at radius 2 is 1.90 bits per heavy atom. The summed E-state index contributed by atoms with van der Waals surface area (Å²) in [6.45, 7) is 6.17. The second kappa shape index (κ2) is 13.2. The molecule has 0 saturated heterocycles. The highest BCUT2D eigenvalue weighted by Gasteiger charge is 2.20. The van der Waals surface area contributed by atoms with Crippen LogP contribution in [0.15, 0.2) is 41.9 Å². The van der Waals surface area contributed by atoms with Crippen LogP contribution in [0, 0.1) is 5.92 Å². The maximum atomic E-state index is 12.7. The van der Waals surface area contributed by atoms with Gasteiger partial charge in [-0.05, 0) is 75.6 Å². The van der Waals surface area contributed by atoms with Crippen LogP contribution in [0.5, 0.6) is 0 Å². The summed E-state index contributed by atoms with van der Waals surface area (Å²) in [5.74, 6) is 0.644. The van der Waals surface area contributed by atoms with Crippen LogP contribution in [0.1, 0.15) is 43.5 Å². The van der Waals surface area contributed by atoms with Crippen molar-refractivity contribution in [2.45, 2.75) is 39.7 Å². The number of halogens is 1. The molecule has 3 heterocycles. The van der Waals surface area contributed by atoms with Gasteiger partial charge in [0.1, 0.15) is 0 Å². The Kier molecular flexibility index (Phi) is 9.72. The maximum absolute atomic E-state index is 12.7. The predicted octanol–water partition coefficient (Wildman–Crippen LogP) is 6.33. The van der Waals surface area contributed by atoms with Gasteiger partial charge < -0.3 is 15.3 Å². The quantitative estimate of drug-likeness (QED) is 0.200. The van der Waals surface area contributed by atoms with Gasteiger partial charge in [-0.2, -0.15) is 5.10 Å². The van der Waals surface area contributed by atoms with Crippen LogP contribution in [-0.4, -0.2) is 68.3 Å². The number of anilines is 2. The normalized spacial score (nSPS) is 11.5. The fourth-order valence-electron chi connectivity index (χ4n) is 4.35. The van der Waals surface area contributed by atoms with Crippen LogP contribution in [0.2, 0.25) is 5.02 Å². The average molecular weight is 584 g/mol. The summed E-state index contributed by atoms with van der Waals surface area (Å²) in [5.41, 5.74) is 2.96. The van der Waals surface area contributed by atoms with Crippen LogP contribution < -0.4 is 10.2 Å². The summed E-state index contributed by atoms with van der Waals surface area (Å²) in [6.07, 6.45) is 3.17. The lowest BCUT2D eigenvalue weighted by atomic mass is 10.1. The molecule has 0 saturated carbocycles. The summed E-state index contributed by atoms with van der Waals surface area (Å²) in [5, 5.41) is 20.0. The van der Waals surface area contributed by atoms with E-state index in [1.807, 2.05) is 35.8 Å². The highest BCUT2D eigenvalue weighted by Crippen LogP contribution is 2.34. The number of pyridine rings is 1. The Bertz CT molecular complexity index is 1450. The number of hydrogen-bond acceptors (Lipinski definition) is 7. The van der Waals surface area contributed by atoms with Gasteiger partial charge in [0.25, 0.3) is 5.91 Å². The molecule has 0 bridgehead atoms. The highest BCUT2D eigenvalue weighted by molar-refractivity contribution is 7.03. The zero-order valence-corrected chi connectivity index (χ0v) is 24.7. The van der Waals surface area contributed by atoms with Crippen molar-refractivity contribution in [3.05, 3.63) is 52.5 Å². The fraction of sp³-hybridized carbons (Fsp3) is 0.393. The molecule has 2 amide bonds. The number of hydrogen-bond donors (Lipinski definition) is 2. The molecule has 10 nitrogen and oxygen atoms in total. The molecule has 2 N–H and O–H groups in total. The zero-order valence-electron chi connectivity index (χ0n) is 23.1. The molecular formula is C28H34ClN7O3S. The van der Waals surface area contributed by atoms with E-state index >= 15 is 0 Å². The summed E-state index contributed by atoms with van der Waals surface area (Å²) in [7, 11) is 3.92. The molecule has 0 spiro atoms. The summed E-state index contributed by atoms with van der Waals surface area (Å²) in [6, 6.07) is 8.95. The van der Waals surface area contributed by atoms with Gasteiger partial charge in [0.15, 0.2) is 11.5 Å². The third kappa shape index (κ3) is 7.15. The van der Waals surface area contributed by atoms with Crippen LogP contribution in [0.4, 0.5) is 16.3 Å². The Hall–Kier alpha value is -3.54. The molecular weight excluding hydrogens is 550 g/mol. The van der Waals surface area contributed by atoms with E-state index in [2.05, 4.69) is 28.6 Å². The molecule has 0 fully saturated rings. The minimum absolute atomic E-state index is 0.299. The van der Waals surface area contributed by atoms with Crippen LogP contribution in [0.25, 0.3) is 22.3 Å². The number of aromatic nitrogens is 4. The fourth-order valence-corrected chi connectivity index (χ4v) is 5.13. The van der Waals surface area contributed by atoms with E-state index in [1.54, 1.807) is 23.6 Å². The number of carboxylic acid groups (broad SMARTS) is 1. The number of amides is 2. The number of carbonyl (C=O) groups excluding carboxylic acids is 1. The molecule has 40 heavy (non-hydrogen) atoms. The van der Waals surface area contributed by atoms with Crippen LogP contribution in [0.3, 0.4) is 0 Å². The van der Waals surface area contributed by atoms with Gasteiger partial charge >= 0.3 is 6.09 Å². The summed E-state index contributed by atoms with van der Waals surface area (Å²) < 4.78 is 5.81. The summed E-state index contributed by atoms with van der Waals surface area (Å²) >= 11 is 7.93. The van der Waals surface area contributed by atoms with Crippen molar-refractivity contribution < 1.29 is 14.7 Å². The van der Waals surface area contributed by atoms with E-state index in [-0.39, 0.29) is 5.91 Å². The highest BCUT2D eigenvalue weighted by atomic mass is 35.5. The number of benzene rings is 1. The van der Waals surface area contributed by atoms with Crippen LogP contribution in [-0.2, 0) is 6.54 Å². The minimum Gasteiger partial charge on any atom is -0.465 e. The number of carbonyl (C=O) groups is 2. The van der Waals surface area contributed by atoms with Crippen molar-refractivity contribution in [1.82, 2.24) is 24.0 Å². The van der Waals surface area contributed by atoms with Crippen LogP contribution >= 0.6 is 23.1 Å². The Balaban J connectivity index is 1.66. The van der Waals surface area contributed by atoms with Gasteiger partial charge in [0.05, 0.1) is 27.9 Å². The molecule has 4 aromatic rings. The standard InChI is InChI=1S/C28H34ClN7O3S/c1-18(2)7-5-14-36-26-22(25(33-36)32-27(37)20-16-30-40-17-20)15-23(29)24(31-26)19-8-10-21(11-9-19)35(28(38)39)13-6-12-34(3)4/h8-11,15-18H,5-7,12-14H2,1-4H3,(H,38,39)(H,32,33,37). The smallest absolute Gasteiger partial charge is 0.411 e. The average Bonchev–Trinajstić information content (AvgIpc) is 3.55. The third-order valence-corrected chi connectivity index (χ3v) is 7.30. The van der Waals surface area contributed by atoms with Crippen molar-refractivity contribution in [2.75, 3.05) is 37.4 Å². The summed E-state index contributed by atoms with van der Waals surface area (Å²) in [4.78, 5) is 32.9. The molecule has 0 radical (unpaired) electrons.